The number of rotatable bonds is 5. The van der Waals surface area contributed by atoms with Crippen LogP contribution < -0.4 is 10.9 Å². The molecule has 0 aromatic carbocycles. The number of nitrogens with zero attached hydrogens (tertiary/aromatic N) is 2. The average molecular weight is 296 g/mol. The number of aromatic nitrogens is 2. The van der Waals surface area contributed by atoms with Crippen molar-refractivity contribution >= 4 is 21.6 Å². The molecule has 1 heterocycles. The Labute approximate surface area is 109 Å². The first-order chi connectivity index (χ1) is 8.22. The van der Waals surface area contributed by atoms with Gasteiger partial charge in [0.15, 0.2) is 0 Å². The van der Waals surface area contributed by atoms with Crippen molar-refractivity contribution in [3.8, 4) is 12.3 Å². The van der Waals surface area contributed by atoms with Gasteiger partial charge in [0.25, 0.3) is 5.56 Å². The first-order valence-corrected chi connectivity index (χ1v) is 6.44. The number of anilines is 1. The van der Waals surface area contributed by atoms with E-state index in [1.165, 1.54) is 17.5 Å². The first kappa shape index (κ1) is 12.2. The van der Waals surface area contributed by atoms with Gasteiger partial charge in [-0.2, -0.15) is 5.10 Å². The molecule has 1 aliphatic rings. The van der Waals surface area contributed by atoms with Gasteiger partial charge in [0.1, 0.15) is 4.47 Å². The molecule has 2 rings (SSSR count). The Balaban J connectivity index is 2.11. The van der Waals surface area contributed by atoms with Gasteiger partial charge in [0.05, 0.1) is 11.9 Å². The lowest BCUT2D eigenvalue weighted by Gasteiger charge is -2.09. The summed E-state index contributed by atoms with van der Waals surface area (Å²) in [6.45, 7) is 1.37. The van der Waals surface area contributed by atoms with Crippen LogP contribution in [0.5, 0.6) is 0 Å². The van der Waals surface area contributed by atoms with Crippen molar-refractivity contribution in [1.29, 1.82) is 0 Å². The summed E-state index contributed by atoms with van der Waals surface area (Å²) in [5.74, 6) is 3.17. The van der Waals surface area contributed by atoms with Crippen LogP contribution in [0.3, 0.4) is 0 Å². The summed E-state index contributed by atoms with van der Waals surface area (Å²) < 4.78 is 2.05. The summed E-state index contributed by atoms with van der Waals surface area (Å²) in [5, 5.41) is 7.24. The van der Waals surface area contributed by atoms with Gasteiger partial charge in [0.2, 0.25) is 0 Å². The fourth-order valence-electron chi connectivity index (χ4n) is 1.53. The number of hydrogen-bond acceptors (Lipinski definition) is 3. The molecule has 1 aromatic heterocycles. The molecule has 1 N–H and O–H groups in total. The van der Waals surface area contributed by atoms with E-state index in [4.69, 9.17) is 6.42 Å². The summed E-state index contributed by atoms with van der Waals surface area (Å²) in [5.41, 5.74) is 0.625. The van der Waals surface area contributed by atoms with Crippen LogP contribution in [0.15, 0.2) is 15.5 Å². The molecule has 0 radical (unpaired) electrons. The van der Waals surface area contributed by atoms with Gasteiger partial charge in [-0.15, -0.1) is 12.3 Å². The molecular weight excluding hydrogens is 282 g/mol. The fraction of sp³-hybridized carbons (Fsp3) is 0.500. The van der Waals surface area contributed by atoms with Crippen LogP contribution in [0, 0.1) is 18.3 Å². The zero-order chi connectivity index (χ0) is 12.3. The quantitative estimate of drug-likeness (QED) is 0.666. The molecule has 1 fully saturated rings. The van der Waals surface area contributed by atoms with E-state index < -0.39 is 0 Å². The Morgan fingerprint density at radius 3 is 3.06 bits per heavy atom. The Morgan fingerprint density at radius 1 is 1.65 bits per heavy atom. The Hall–Kier alpha value is -1.28. The maximum Gasteiger partial charge on any atom is 0.283 e. The molecule has 90 valence electrons. The molecule has 17 heavy (non-hydrogen) atoms. The Kier molecular flexibility index (Phi) is 3.85. The van der Waals surface area contributed by atoms with E-state index in [0.717, 1.165) is 6.54 Å². The van der Waals surface area contributed by atoms with E-state index in [1.807, 2.05) is 0 Å². The van der Waals surface area contributed by atoms with E-state index >= 15 is 0 Å². The summed E-state index contributed by atoms with van der Waals surface area (Å²) in [6, 6.07) is 0. The lowest BCUT2D eigenvalue weighted by atomic mass is 10.4. The molecule has 5 heteroatoms. The monoisotopic (exact) mass is 295 g/mol. The summed E-state index contributed by atoms with van der Waals surface area (Å²) >= 11 is 3.31. The van der Waals surface area contributed by atoms with Gasteiger partial charge in [-0.05, 0) is 34.7 Å². The number of terminal acetylenes is 1. The predicted octanol–water partition coefficient (Wildman–Crippen LogP) is 1.85. The van der Waals surface area contributed by atoms with Crippen molar-refractivity contribution < 1.29 is 0 Å². The molecule has 0 bridgehead atoms. The van der Waals surface area contributed by atoms with Gasteiger partial charge in [-0.1, -0.05) is 0 Å². The van der Waals surface area contributed by atoms with Crippen LogP contribution >= 0.6 is 15.9 Å². The zero-order valence-corrected chi connectivity index (χ0v) is 11.0. The molecule has 0 saturated heterocycles. The van der Waals surface area contributed by atoms with Crippen LogP contribution in [0.1, 0.15) is 19.3 Å². The second-order valence-electron chi connectivity index (χ2n) is 4.18. The SMILES string of the molecule is C#CCCNc1cnn(CC2CC2)c(=O)c1Br. The highest BCUT2D eigenvalue weighted by atomic mass is 79.9. The molecule has 1 saturated carbocycles. The van der Waals surface area contributed by atoms with Gasteiger partial charge in [0, 0.05) is 19.5 Å². The van der Waals surface area contributed by atoms with Gasteiger partial charge in [-0.3, -0.25) is 4.79 Å². The normalized spacial score (nSPS) is 14.4. The van der Waals surface area contributed by atoms with Crippen molar-refractivity contribution in [3.63, 3.8) is 0 Å². The van der Waals surface area contributed by atoms with Crippen LogP contribution in [0.2, 0.25) is 0 Å². The smallest absolute Gasteiger partial charge is 0.283 e. The van der Waals surface area contributed by atoms with Crippen molar-refractivity contribution in [2.75, 3.05) is 11.9 Å². The van der Waals surface area contributed by atoms with Gasteiger partial charge >= 0.3 is 0 Å². The summed E-state index contributed by atoms with van der Waals surface area (Å²) in [7, 11) is 0. The van der Waals surface area contributed by atoms with Crippen LogP contribution in [-0.4, -0.2) is 16.3 Å². The molecule has 1 aliphatic carbocycles. The third-order valence-corrected chi connectivity index (χ3v) is 3.46. The molecule has 0 aliphatic heterocycles. The van der Waals surface area contributed by atoms with Crippen LogP contribution in [-0.2, 0) is 6.54 Å². The highest BCUT2D eigenvalue weighted by Gasteiger charge is 2.23. The summed E-state index contributed by atoms with van der Waals surface area (Å²) in [4.78, 5) is 12.0. The molecular formula is C12H14BrN3O. The molecule has 0 atom stereocenters. The minimum atomic E-state index is -0.0809. The Bertz CT molecular complexity index is 499. The van der Waals surface area contributed by atoms with Crippen LogP contribution in [0.25, 0.3) is 0 Å². The van der Waals surface area contributed by atoms with E-state index in [-0.39, 0.29) is 5.56 Å². The minimum Gasteiger partial charge on any atom is -0.382 e. The minimum absolute atomic E-state index is 0.0809. The standard InChI is InChI=1S/C12H14BrN3O/c1-2-3-6-14-10-7-15-16(8-9-4-5-9)12(17)11(10)13/h1,7,9,14H,3-6,8H2. The zero-order valence-electron chi connectivity index (χ0n) is 9.45. The molecule has 0 amide bonds. The maximum atomic E-state index is 12.0. The highest BCUT2D eigenvalue weighted by molar-refractivity contribution is 9.10. The van der Waals surface area contributed by atoms with Crippen molar-refractivity contribution in [1.82, 2.24) is 9.78 Å². The lowest BCUT2D eigenvalue weighted by molar-refractivity contribution is 0.532. The molecule has 0 unspecified atom stereocenters. The number of halogens is 1. The third-order valence-electron chi connectivity index (χ3n) is 2.70. The van der Waals surface area contributed by atoms with Crippen molar-refractivity contribution in [2.24, 2.45) is 5.92 Å². The second-order valence-corrected chi connectivity index (χ2v) is 4.98. The molecule has 4 nitrogen and oxygen atoms in total. The topological polar surface area (TPSA) is 46.9 Å². The van der Waals surface area contributed by atoms with E-state index in [2.05, 4.69) is 32.3 Å². The van der Waals surface area contributed by atoms with E-state index in [1.54, 1.807) is 6.20 Å². The molecule has 0 spiro atoms. The third kappa shape index (κ3) is 3.10. The largest absolute Gasteiger partial charge is 0.382 e. The van der Waals surface area contributed by atoms with E-state index in [0.29, 0.717) is 29.0 Å². The number of hydrogen-bond donors (Lipinski definition) is 1. The van der Waals surface area contributed by atoms with Gasteiger partial charge in [-0.25, -0.2) is 4.68 Å². The van der Waals surface area contributed by atoms with E-state index in [9.17, 15) is 4.79 Å². The highest BCUT2D eigenvalue weighted by Crippen LogP contribution is 2.30. The van der Waals surface area contributed by atoms with Crippen molar-refractivity contribution in [2.45, 2.75) is 25.8 Å². The maximum absolute atomic E-state index is 12.0. The van der Waals surface area contributed by atoms with Gasteiger partial charge < -0.3 is 5.32 Å². The fourth-order valence-corrected chi connectivity index (χ4v) is 1.98. The first-order valence-electron chi connectivity index (χ1n) is 5.65. The average Bonchev–Trinajstić information content (AvgIpc) is 3.12. The van der Waals surface area contributed by atoms with Crippen LogP contribution in [0.4, 0.5) is 5.69 Å². The Morgan fingerprint density at radius 2 is 2.41 bits per heavy atom. The molecule has 1 aromatic rings. The number of nitrogens with one attached hydrogen (secondary N) is 1. The predicted molar refractivity (Wildman–Crippen MR) is 70.9 cm³/mol. The second kappa shape index (κ2) is 5.37. The summed E-state index contributed by atoms with van der Waals surface area (Å²) in [6.07, 6.45) is 9.86. The lowest BCUT2D eigenvalue weighted by Crippen LogP contribution is -2.25. The van der Waals surface area contributed by atoms with Crippen molar-refractivity contribution in [3.05, 3.63) is 21.0 Å².